The van der Waals surface area contributed by atoms with Crippen molar-refractivity contribution in [2.75, 3.05) is 12.3 Å². The lowest BCUT2D eigenvalue weighted by molar-refractivity contribution is 0.580. The van der Waals surface area contributed by atoms with Crippen molar-refractivity contribution in [2.45, 2.75) is 37.0 Å². The predicted molar refractivity (Wildman–Crippen MR) is 77.2 cm³/mol. The maximum atomic E-state index is 12.1. The van der Waals surface area contributed by atoms with E-state index in [4.69, 9.17) is 5.73 Å². The summed E-state index contributed by atoms with van der Waals surface area (Å²) in [6, 6.07) is 6.52. The molecule has 0 saturated heterocycles. The van der Waals surface area contributed by atoms with Crippen LogP contribution in [-0.4, -0.2) is 15.0 Å². The van der Waals surface area contributed by atoms with E-state index in [-0.39, 0.29) is 10.6 Å². The average Bonchev–Trinajstić information content (AvgIpc) is 2.40. The van der Waals surface area contributed by atoms with Gasteiger partial charge in [0.1, 0.15) is 4.90 Å². The number of hydrogen-bond acceptors (Lipinski definition) is 3. The van der Waals surface area contributed by atoms with E-state index in [1.54, 1.807) is 18.2 Å². The molecule has 1 aliphatic rings. The second kappa shape index (κ2) is 6.21. The standard InChI is InChI=1S/C14H20N2O2S/c15-13-8-4-5-9-14(13)19(17,18)16-11-10-12-6-2-1-3-7-12/h4-6,8-9,16H,1-3,7,10-11,15H2. The number of hydrogen-bond donors (Lipinski definition) is 2. The predicted octanol–water partition coefficient (Wildman–Crippen LogP) is 2.44. The van der Waals surface area contributed by atoms with Crippen molar-refractivity contribution in [3.63, 3.8) is 0 Å². The molecule has 0 atom stereocenters. The van der Waals surface area contributed by atoms with Crippen LogP contribution >= 0.6 is 0 Å². The Labute approximate surface area is 114 Å². The number of rotatable bonds is 5. The molecule has 0 radical (unpaired) electrons. The summed E-state index contributed by atoms with van der Waals surface area (Å²) in [5.41, 5.74) is 7.33. The number of nitrogen functional groups attached to an aromatic ring is 1. The third-order valence-electron chi connectivity index (χ3n) is 3.33. The van der Waals surface area contributed by atoms with Gasteiger partial charge in [-0.05, 0) is 44.2 Å². The molecule has 104 valence electrons. The molecule has 0 aliphatic heterocycles. The largest absolute Gasteiger partial charge is 0.398 e. The lowest BCUT2D eigenvalue weighted by Crippen LogP contribution is -2.26. The molecule has 0 amide bonds. The van der Waals surface area contributed by atoms with E-state index in [2.05, 4.69) is 10.8 Å². The Bertz CT molecular complexity index is 565. The van der Waals surface area contributed by atoms with Crippen molar-refractivity contribution >= 4 is 15.7 Å². The fraction of sp³-hybridized carbons (Fsp3) is 0.429. The minimum atomic E-state index is -3.49. The lowest BCUT2D eigenvalue weighted by atomic mass is 9.97. The topological polar surface area (TPSA) is 72.2 Å². The first-order valence-electron chi connectivity index (χ1n) is 6.62. The van der Waals surface area contributed by atoms with Crippen LogP contribution in [0.2, 0.25) is 0 Å². The Kier molecular flexibility index (Phi) is 4.61. The first kappa shape index (κ1) is 14.1. The van der Waals surface area contributed by atoms with Gasteiger partial charge in [-0.25, -0.2) is 13.1 Å². The molecular weight excluding hydrogens is 260 g/mol. The minimum absolute atomic E-state index is 0.160. The number of nitrogens with two attached hydrogens (primary N) is 1. The van der Waals surface area contributed by atoms with Crippen LogP contribution in [0.3, 0.4) is 0 Å². The molecule has 0 bridgehead atoms. The molecule has 5 heteroatoms. The molecule has 1 aromatic carbocycles. The van der Waals surface area contributed by atoms with Crippen LogP contribution in [0, 0.1) is 0 Å². The van der Waals surface area contributed by atoms with Gasteiger partial charge in [0.15, 0.2) is 0 Å². The third-order valence-corrected chi connectivity index (χ3v) is 4.87. The van der Waals surface area contributed by atoms with E-state index in [0.717, 1.165) is 19.3 Å². The highest BCUT2D eigenvalue weighted by Gasteiger charge is 2.16. The van der Waals surface area contributed by atoms with Crippen molar-refractivity contribution in [3.05, 3.63) is 35.9 Å². The molecule has 4 nitrogen and oxygen atoms in total. The summed E-state index contributed by atoms with van der Waals surface area (Å²) >= 11 is 0. The van der Waals surface area contributed by atoms with Gasteiger partial charge in [0, 0.05) is 6.54 Å². The van der Waals surface area contributed by atoms with Crippen LogP contribution in [0.25, 0.3) is 0 Å². The zero-order valence-electron chi connectivity index (χ0n) is 10.9. The molecule has 1 aromatic rings. The van der Waals surface area contributed by atoms with E-state index in [1.807, 2.05) is 0 Å². The van der Waals surface area contributed by atoms with E-state index < -0.39 is 10.0 Å². The van der Waals surface area contributed by atoms with Gasteiger partial charge in [-0.15, -0.1) is 0 Å². The Morgan fingerprint density at radius 2 is 2.00 bits per heavy atom. The first-order chi connectivity index (χ1) is 9.09. The molecule has 0 spiro atoms. The Hall–Kier alpha value is -1.33. The number of allylic oxidation sites excluding steroid dienone is 1. The first-order valence-corrected chi connectivity index (χ1v) is 8.10. The maximum Gasteiger partial charge on any atom is 0.242 e. The van der Waals surface area contributed by atoms with Crippen molar-refractivity contribution in [3.8, 4) is 0 Å². The molecule has 0 heterocycles. The molecule has 3 N–H and O–H groups in total. The van der Waals surface area contributed by atoms with Gasteiger partial charge >= 0.3 is 0 Å². The van der Waals surface area contributed by atoms with Gasteiger partial charge in [0.25, 0.3) is 0 Å². The number of anilines is 1. The highest BCUT2D eigenvalue weighted by molar-refractivity contribution is 7.89. The monoisotopic (exact) mass is 280 g/mol. The SMILES string of the molecule is Nc1ccccc1S(=O)(=O)NCCC1=CCCCC1. The van der Waals surface area contributed by atoms with Crippen molar-refractivity contribution in [1.29, 1.82) is 0 Å². The lowest BCUT2D eigenvalue weighted by Gasteiger charge is -2.13. The summed E-state index contributed by atoms with van der Waals surface area (Å²) in [6.45, 7) is 0.433. The fourth-order valence-corrected chi connectivity index (χ4v) is 3.44. The smallest absolute Gasteiger partial charge is 0.242 e. The maximum absolute atomic E-state index is 12.1. The Morgan fingerprint density at radius 3 is 2.68 bits per heavy atom. The zero-order valence-corrected chi connectivity index (χ0v) is 11.7. The van der Waals surface area contributed by atoms with Crippen molar-refractivity contribution in [1.82, 2.24) is 4.72 Å². The third kappa shape index (κ3) is 3.81. The van der Waals surface area contributed by atoms with Gasteiger partial charge in [0.2, 0.25) is 10.0 Å². The van der Waals surface area contributed by atoms with Gasteiger partial charge in [-0.2, -0.15) is 0 Å². The van der Waals surface area contributed by atoms with Gasteiger partial charge < -0.3 is 5.73 Å². The molecule has 0 aromatic heterocycles. The van der Waals surface area contributed by atoms with Gasteiger partial charge in [0.05, 0.1) is 5.69 Å². The number of para-hydroxylation sites is 1. The van der Waals surface area contributed by atoms with Crippen LogP contribution in [0.15, 0.2) is 40.8 Å². The van der Waals surface area contributed by atoms with Gasteiger partial charge in [-0.1, -0.05) is 23.8 Å². The highest BCUT2D eigenvalue weighted by atomic mass is 32.2. The summed E-state index contributed by atoms with van der Waals surface area (Å²) in [4.78, 5) is 0.160. The van der Waals surface area contributed by atoms with E-state index in [0.29, 0.717) is 6.54 Å². The summed E-state index contributed by atoms with van der Waals surface area (Å²) in [5, 5.41) is 0. The van der Waals surface area contributed by atoms with Crippen LogP contribution in [-0.2, 0) is 10.0 Å². The highest BCUT2D eigenvalue weighted by Crippen LogP contribution is 2.20. The van der Waals surface area contributed by atoms with Crippen LogP contribution in [0.1, 0.15) is 32.1 Å². The molecule has 0 fully saturated rings. The Morgan fingerprint density at radius 1 is 1.21 bits per heavy atom. The Balaban J connectivity index is 1.95. The number of benzene rings is 1. The summed E-state index contributed by atoms with van der Waals surface area (Å²) in [6.07, 6.45) is 7.68. The van der Waals surface area contributed by atoms with E-state index >= 15 is 0 Å². The average molecular weight is 280 g/mol. The molecule has 0 saturated carbocycles. The van der Waals surface area contributed by atoms with E-state index in [1.165, 1.54) is 24.5 Å². The van der Waals surface area contributed by atoms with Crippen molar-refractivity contribution < 1.29 is 8.42 Å². The second-order valence-corrected chi connectivity index (χ2v) is 6.53. The second-order valence-electron chi connectivity index (χ2n) is 4.79. The molecular formula is C14H20N2O2S. The fourth-order valence-electron chi connectivity index (χ4n) is 2.28. The van der Waals surface area contributed by atoms with Gasteiger partial charge in [-0.3, -0.25) is 0 Å². The van der Waals surface area contributed by atoms with Crippen LogP contribution < -0.4 is 10.5 Å². The quantitative estimate of drug-likeness (QED) is 0.642. The normalized spacial score (nSPS) is 16.1. The minimum Gasteiger partial charge on any atom is -0.398 e. The molecule has 1 aliphatic carbocycles. The summed E-state index contributed by atoms with van der Waals surface area (Å²) < 4.78 is 26.8. The van der Waals surface area contributed by atoms with Crippen LogP contribution in [0.5, 0.6) is 0 Å². The van der Waals surface area contributed by atoms with E-state index in [9.17, 15) is 8.42 Å². The zero-order chi connectivity index (χ0) is 13.7. The summed E-state index contributed by atoms with van der Waals surface area (Å²) in [7, 11) is -3.49. The summed E-state index contributed by atoms with van der Waals surface area (Å²) in [5.74, 6) is 0. The van der Waals surface area contributed by atoms with Crippen molar-refractivity contribution in [2.24, 2.45) is 0 Å². The molecule has 19 heavy (non-hydrogen) atoms. The molecule has 0 unspecified atom stereocenters. The number of sulfonamides is 1. The molecule has 2 rings (SSSR count). The van der Waals surface area contributed by atoms with Crippen LogP contribution in [0.4, 0.5) is 5.69 Å². The number of nitrogens with one attached hydrogen (secondary N) is 1.